The van der Waals surface area contributed by atoms with Crippen molar-refractivity contribution in [2.75, 3.05) is 5.32 Å². The van der Waals surface area contributed by atoms with E-state index in [2.05, 4.69) is 5.32 Å². The summed E-state index contributed by atoms with van der Waals surface area (Å²) >= 11 is 0. The van der Waals surface area contributed by atoms with E-state index in [0.29, 0.717) is 18.2 Å². The predicted molar refractivity (Wildman–Crippen MR) is 126 cm³/mol. The Morgan fingerprint density at radius 3 is 1.65 bits per heavy atom. The number of carboxylic acids is 1. The number of rotatable bonds is 7. The molecule has 0 saturated carbocycles. The molecule has 0 aliphatic heterocycles. The van der Waals surface area contributed by atoms with Gasteiger partial charge in [-0.2, -0.15) is 39.5 Å². The minimum absolute atomic E-state index is 0.0120. The largest absolute Gasteiger partial charge is 0.481 e. The maximum absolute atomic E-state index is 14.1. The number of carbonyl (C=O) groups is 1. The van der Waals surface area contributed by atoms with E-state index in [1.807, 2.05) is 0 Å². The minimum atomic E-state index is -5.15. The Bertz CT molecular complexity index is 1360. The lowest BCUT2D eigenvalue weighted by Gasteiger charge is -2.20. The molecule has 0 heterocycles. The summed E-state index contributed by atoms with van der Waals surface area (Å²) in [7, 11) is 0. The highest BCUT2D eigenvalue weighted by Gasteiger charge is 2.37. The van der Waals surface area contributed by atoms with Crippen molar-refractivity contribution in [3.05, 3.63) is 82.7 Å². The maximum Gasteiger partial charge on any atom is 0.416 e. The first-order chi connectivity index (χ1) is 18.2. The number of anilines is 2. The summed E-state index contributed by atoms with van der Waals surface area (Å²) in [4.78, 5) is 12.0. The highest BCUT2D eigenvalue weighted by Crippen LogP contribution is 2.40. The molecule has 3 aromatic rings. The summed E-state index contributed by atoms with van der Waals surface area (Å²) in [5.74, 6) is -4.03. The molecule has 0 bridgehead atoms. The molecular formula is C27H21F10NO2. The fourth-order valence-corrected chi connectivity index (χ4v) is 4.06. The van der Waals surface area contributed by atoms with Crippen LogP contribution in [0.15, 0.2) is 54.6 Å². The van der Waals surface area contributed by atoms with Gasteiger partial charge in [-0.1, -0.05) is 19.9 Å². The summed E-state index contributed by atoms with van der Waals surface area (Å²) in [6.45, 7) is 3.39. The van der Waals surface area contributed by atoms with Gasteiger partial charge in [0.25, 0.3) is 0 Å². The van der Waals surface area contributed by atoms with Gasteiger partial charge < -0.3 is 10.4 Å². The number of nitrogens with one attached hydrogen (secondary N) is 1. The number of alkyl halides is 9. The first-order valence-corrected chi connectivity index (χ1v) is 11.6. The minimum Gasteiger partial charge on any atom is -0.481 e. The lowest BCUT2D eigenvalue weighted by molar-refractivity contribution is -0.143. The topological polar surface area (TPSA) is 49.3 Å². The van der Waals surface area contributed by atoms with Crippen molar-refractivity contribution in [3.8, 4) is 11.1 Å². The smallest absolute Gasteiger partial charge is 0.416 e. The fourth-order valence-electron chi connectivity index (χ4n) is 4.06. The van der Waals surface area contributed by atoms with E-state index in [4.69, 9.17) is 0 Å². The van der Waals surface area contributed by atoms with Crippen LogP contribution in [-0.4, -0.2) is 11.1 Å². The molecule has 0 aliphatic rings. The molecule has 216 valence electrons. The molecule has 0 fully saturated rings. The van der Waals surface area contributed by atoms with Crippen LogP contribution < -0.4 is 5.32 Å². The van der Waals surface area contributed by atoms with Gasteiger partial charge in [-0.15, -0.1) is 0 Å². The molecule has 3 nitrogen and oxygen atoms in total. The Kier molecular flexibility index (Phi) is 8.47. The van der Waals surface area contributed by atoms with Gasteiger partial charge in [0, 0.05) is 11.4 Å². The molecule has 13 heteroatoms. The number of hydrogen-bond donors (Lipinski definition) is 2. The van der Waals surface area contributed by atoms with Gasteiger partial charge in [0.1, 0.15) is 5.82 Å². The average Bonchev–Trinajstić information content (AvgIpc) is 2.79. The monoisotopic (exact) mass is 581 g/mol. The Labute approximate surface area is 221 Å². The zero-order valence-corrected chi connectivity index (χ0v) is 20.7. The lowest BCUT2D eigenvalue weighted by atomic mass is 9.88. The highest BCUT2D eigenvalue weighted by molar-refractivity contribution is 5.80. The van der Waals surface area contributed by atoms with Gasteiger partial charge in [0.2, 0.25) is 0 Å². The molecule has 1 atom stereocenters. The lowest BCUT2D eigenvalue weighted by Crippen LogP contribution is -2.14. The van der Waals surface area contributed by atoms with Crippen LogP contribution in [0, 0.1) is 11.7 Å². The first kappa shape index (κ1) is 30.8. The van der Waals surface area contributed by atoms with E-state index in [1.165, 1.54) is 6.07 Å². The maximum atomic E-state index is 14.1. The van der Waals surface area contributed by atoms with E-state index < -0.39 is 58.6 Å². The van der Waals surface area contributed by atoms with Crippen molar-refractivity contribution in [3.63, 3.8) is 0 Å². The van der Waals surface area contributed by atoms with Crippen LogP contribution in [0.25, 0.3) is 11.1 Å². The van der Waals surface area contributed by atoms with E-state index in [1.54, 1.807) is 13.8 Å². The summed E-state index contributed by atoms with van der Waals surface area (Å²) in [6.07, 6.45) is -15.2. The third-order valence-corrected chi connectivity index (χ3v) is 5.80. The van der Waals surface area contributed by atoms with Crippen LogP contribution in [0.4, 0.5) is 55.3 Å². The van der Waals surface area contributed by atoms with Crippen molar-refractivity contribution in [1.29, 1.82) is 0 Å². The zero-order valence-electron chi connectivity index (χ0n) is 20.7. The molecular weight excluding hydrogens is 560 g/mol. The van der Waals surface area contributed by atoms with Crippen LogP contribution >= 0.6 is 0 Å². The molecule has 0 saturated heterocycles. The number of halogens is 10. The van der Waals surface area contributed by atoms with Crippen LogP contribution in [0.1, 0.15) is 48.4 Å². The number of aliphatic carboxylic acids is 1. The van der Waals surface area contributed by atoms with Gasteiger partial charge in [-0.25, -0.2) is 4.39 Å². The molecule has 0 aliphatic carbocycles. The SMILES string of the molecule is CC(C)CC(C(=O)O)c1cc(Nc2cc(C(F)(F)F)cc(C(F)(F)F)c2)cc(-c2cc(F)cc(C(F)(F)F)c2)c1. The van der Waals surface area contributed by atoms with Crippen LogP contribution in [-0.2, 0) is 23.3 Å². The molecule has 3 rings (SSSR count). The molecule has 0 radical (unpaired) electrons. The Hall–Kier alpha value is -3.77. The Balaban J connectivity index is 2.24. The van der Waals surface area contributed by atoms with Crippen molar-refractivity contribution >= 4 is 17.3 Å². The molecule has 1 unspecified atom stereocenters. The second-order valence-electron chi connectivity index (χ2n) is 9.51. The predicted octanol–water partition coefficient (Wildman–Crippen LogP) is 9.51. The van der Waals surface area contributed by atoms with E-state index in [0.717, 1.165) is 18.2 Å². The van der Waals surface area contributed by atoms with Crippen molar-refractivity contribution in [2.24, 2.45) is 5.92 Å². The van der Waals surface area contributed by atoms with Crippen LogP contribution in [0.2, 0.25) is 0 Å². The standard InChI is InChI=1S/C27H21F10NO2/c1-13(2)3-23(24(39)40)16-4-14(15-5-17(25(29,30)31)10-20(28)6-15)7-21(8-16)38-22-11-18(26(32,33)34)9-19(12-22)27(35,36)37/h4-13,23,38H,3H2,1-2H3,(H,39,40). The van der Waals surface area contributed by atoms with E-state index in [9.17, 15) is 53.8 Å². The number of carboxylic acid groups (broad SMARTS) is 1. The number of hydrogen-bond acceptors (Lipinski definition) is 2. The molecule has 0 spiro atoms. The fraction of sp³-hybridized carbons (Fsp3) is 0.296. The summed E-state index contributed by atoms with van der Waals surface area (Å²) in [5, 5.41) is 12.2. The van der Waals surface area contributed by atoms with Gasteiger partial charge in [-0.3, -0.25) is 4.79 Å². The van der Waals surface area contributed by atoms with Gasteiger partial charge in [-0.05, 0) is 77.6 Å². The normalized spacial score (nSPS) is 13.4. The van der Waals surface area contributed by atoms with Crippen molar-refractivity contribution in [2.45, 2.75) is 44.7 Å². The first-order valence-electron chi connectivity index (χ1n) is 11.6. The van der Waals surface area contributed by atoms with Gasteiger partial charge in [0.15, 0.2) is 0 Å². The quantitative estimate of drug-likeness (QED) is 0.273. The third-order valence-electron chi connectivity index (χ3n) is 5.80. The molecule has 2 N–H and O–H groups in total. The zero-order chi connectivity index (χ0) is 30.2. The highest BCUT2D eigenvalue weighted by atomic mass is 19.4. The van der Waals surface area contributed by atoms with Gasteiger partial charge in [0.05, 0.1) is 22.6 Å². The molecule has 40 heavy (non-hydrogen) atoms. The number of benzene rings is 3. The van der Waals surface area contributed by atoms with Gasteiger partial charge >= 0.3 is 24.5 Å². The summed E-state index contributed by atoms with van der Waals surface area (Å²) in [5.41, 5.74) is -6.00. The summed E-state index contributed by atoms with van der Waals surface area (Å²) in [6, 6.07) is 5.70. The summed E-state index contributed by atoms with van der Waals surface area (Å²) < 4.78 is 134. The Morgan fingerprint density at radius 1 is 0.700 bits per heavy atom. The van der Waals surface area contributed by atoms with E-state index >= 15 is 0 Å². The second kappa shape index (κ2) is 11.0. The molecule has 3 aromatic carbocycles. The van der Waals surface area contributed by atoms with Crippen LogP contribution in [0.3, 0.4) is 0 Å². The van der Waals surface area contributed by atoms with Crippen molar-refractivity contribution < 1.29 is 53.8 Å². The average molecular weight is 581 g/mol. The second-order valence-corrected chi connectivity index (χ2v) is 9.51. The molecule has 0 aromatic heterocycles. The van der Waals surface area contributed by atoms with Crippen molar-refractivity contribution in [1.82, 2.24) is 0 Å². The molecule has 0 amide bonds. The Morgan fingerprint density at radius 2 is 1.18 bits per heavy atom. The van der Waals surface area contributed by atoms with E-state index in [-0.39, 0.29) is 46.8 Å². The van der Waals surface area contributed by atoms with Crippen LogP contribution in [0.5, 0.6) is 0 Å². The third kappa shape index (κ3) is 7.66.